The van der Waals surface area contributed by atoms with Gasteiger partial charge >= 0.3 is 0 Å². The van der Waals surface area contributed by atoms with Crippen molar-refractivity contribution in [3.05, 3.63) is 11.1 Å². The van der Waals surface area contributed by atoms with E-state index < -0.39 is 0 Å². The van der Waals surface area contributed by atoms with Gasteiger partial charge in [0.15, 0.2) is 5.13 Å². The molecular weight excluding hydrogens is 194 g/mol. The number of rotatable bonds is 2. The molecule has 2 atom stereocenters. The summed E-state index contributed by atoms with van der Waals surface area (Å²) in [5.41, 5.74) is 5.57. The number of hydrogen-bond donors (Lipinski definition) is 1. The normalized spacial score (nSPS) is 27.2. The summed E-state index contributed by atoms with van der Waals surface area (Å²) in [6, 6.07) is 0. The molecule has 78 valence electrons. The SMILES string of the molecule is CC1CN(c2ncc(CN)s2)CC1C. The molecular formula is C10H17N3S. The Hall–Kier alpha value is -0.610. The minimum absolute atomic E-state index is 0.608. The molecule has 4 heteroatoms. The van der Waals surface area contributed by atoms with Crippen LogP contribution >= 0.6 is 11.3 Å². The fourth-order valence-electron chi connectivity index (χ4n) is 1.82. The fourth-order valence-corrected chi connectivity index (χ4v) is 2.63. The molecule has 1 aliphatic rings. The summed E-state index contributed by atoms with van der Waals surface area (Å²) in [6.45, 7) is 7.50. The third-order valence-electron chi connectivity index (χ3n) is 3.00. The van der Waals surface area contributed by atoms with Crippen LogP contribution in [0.25, 0.3) is 0 Å². The van der Waals surface area contributed by atoms with E-state index in [4.69, 9.17) is 5.73 Å². The van der Waals surface area contributed by atoms with Gasteiger partial charge in [-0.3, -0.25) is 0 Å². The molecule has 0 saturated carbocycles. The molecule has 0 aliphatic carbocycles. The molecule has 14 heavy (non-hydrogen) atoms. The monoisotopic (exact) mass is 211 g/mol. The van der Waals surface area contributed by atoms with Crippen LogP contribution in [0.15, 0.2) is 6.20 Å². The number of nitrogens with two attached hydrogens (primary N) is 1. The van der Waals surface area contributed by atoms with Crippen LogP contribution < -0.4 is 10.6 Å². The van der Waals surface area contributed by atoms with E-state index >= 15 is 0 Å². The third-order valence-corrected chi connectivity index (χ3v) is 4.08. The lowest BCUT2D eigenvalue weighted by Crippen LogP contribution is -2.18. The molecule has 2 unspecified atom stereocenters. The number of thiazole rings is 1. The van der Waals surface area contributed by atoms with Crippen LogP contribution in [0.4, 0.5) is 5.13 Å². The first kappa shape index (κ1) is 9.93. The molecule has 1 aliphatic heterocycles. The molecule has 2 heterocycles. The Balaban J connectivity index is 2.09. The van der Waals surface area contributed by atoms with Gasteiger partial charge in [-0.2, -0.15) is 0 Å². The van der Waals surface area contributed by atoms with Crippen LogP contribution in [-0.2, 0) is 6.54 Å². The highest BCUT2D eigenvalue weighted by Gasteiger charge is 2.27. The lowest BCUT2D eigenvalue weighted by Gasteiger charge is -2.13. The molecule has 3 nitrogen and oxygen atoms in total. The highest BCUT2D eigenvalue weighted by atomic mass is 32.1. The number of hydrogen-bond acceptors (Lipinski definition) is 4. The molecule has 0 aromatic carbocycles. The van der Waals surface area contributed by atoms with Gasteiger partial charge in [-0.1, -0.05) is 13.8 Å². The molecule has 0 spiro atoms. The van der Waals surface area contributed by atoms with E-state index in [9.17, 15) is 0 Å². The summed E-state index contributed by atoms with van der Waals surface area (Å²) in [5, 5.41) is 1.14. The first-order valence-corrected chi connectivity index (χ1v) is 5.92. The number of anilines is 1. The van der Waals surface area contributed by atoms with Crippen LogP contribution in [-0.4, -0.2) is 18.1 Å². The van der Waals surface area contributed by atoms with Crippen molar-refractivity contribution in [1.82, 2.24) is 4.98 Å². The van der Waals surface area contributed by atoms with E-state index in [1.165, 1.54) is 4.88 Å². The van der Waals surface area contributed by atoms with Crippen molar-refractivity contribution in [2.45, 2.75) is 20.4 Å². The number of nitrogens with zero attached hydrogens (tertiary/aromatic N) is 2. The Kier molecular flexibility index (Phi) is 2.74. The van der Waals surface area contributed by atoms with Crippen molar-refractivity contribution in [3.63, 3.8) is 0 Å². The van der Waals surface area contributed by atoms with Crippen molar-refractivity contribution in [3.8, 4) is 0 Å². The van der Waals surface area contributed by atoms with Gasteiger partial charge in [-0.05, 0) is 11.8 Å². The average Bonchev–Trinajstić information content (AvgIpc) is 2.74. The van der Waals surface area contributed by atoms with Gasteiger partial charge < -0.3 is 10.6 Å². The van der Waals surface area contributed by atoms with Gasteiger partial charge in [0.25, 0.3) is 0 Å². The quantitative estimate of drug-likeness (QED) is 0.809. The highest BCUT2D eigenvalue weighted by Crippen LogP contribution is 2.30. The van der Waals surface area contributed by atoms with Crippen molar-refractivity contribution >= 4 is 16.5 Å². The maximum atomic E-state index is 5.57. The topological polar surface area (TPSA) is 42.2 Å². The Morgan fingerprint density at radius 1 is 1.50 bits per heavy atom. The standard InChI is InChI=1S/C10H17N3S/c1-7-5-13(6-8(7)2)10-12-4-9(3-11)14-10/h4,7-8H,3,5-6,11H2,1-2H3. The van der Waals surface area contributed by atoms with Gasteiger partial charge in [0.1, 0.15) is 0 Å². The third kappa shape index (κ3) is 1.77. The molecule has 0 amide bonds. The maximum Gasteiger partial charge on any atom is 0.185 e. The number of aromatic nitrogens is 1. The van der Waals surface area contributed by atoms with E-state index in [0.29, 0.717) is 6.54 Å². The van der Waals surface area contributed by atoms with Crippen LogP contribution in [0.1, 0.15) is 18.7 Å². The Morgan fingerprint density at radius 3 is 2.64 bits per heavy atom. The second-order valence-electron chi connectivity index (χ2n) is 4.17. The predicted molar refractivity (Wildman–Crippen MR) is 60.5 cm³/mol. The van der Waals surface area contributed by atoms with Gasteiger partial charge in [0, 0.05) is 30.7 Å². The molecule has 1 aromatic heterocycles. The summed E-state index contributed by atoms with van der Waals surface area (Å²) in [7, 11) is 0. The van der Waals surface area contributed by atoms with E-state index in [-0.39, 0.29) is 0 Å². The summed E-state index contributed by atoms with van der Waals surface area (Å²) >= 11 is 1.72. The fraction of sp³-hybridized carbons (Fsp3) is 0.700. The molecule has 1 fully saturated rings. The lowest BCUT2D eigenvalue weighted by atomic mass is 10.0. The van der Waals surface area contributed by atoms with E-state index in [1.807, 2.05) is 6.20 Å². The lowest BCUT2D eigenvalue weighted by molar-refractivity contribution is 0.494. The minimum Gasteiger partial charge on any atom is -0.348 e. The largest absolute Gasteiger partial charge is 0.348 e. The molecule has 2 rings (SSSR count). The molecule has 2 N–H and O–H groups in total. The first-order valence-electron chi connectivity index (χ1n) is 5.10. The van der Waals surface area contributed by atoms with Crippen LogP contribution in [0.2, 0.25) is 0 Å². The first-order chi connectivity index (χ1) is 6.70. The van der Waals surface area contributed by atoms with Gasteiger partial charge in [0.05, 0.1) is 0 Å². The average molecular weight is 211 g/mol. The van der Waals surface area contributed by atoms with Crippen LogP contribution in [0, 0.1) is 11.8 Å². The van der Waals surface area contributed by atoms with Crippen LogP contribution in [0.3, 0.4) is 0 Å². The second-order valence-corrected chi connectivity index (χ2v) is 5.27. The minimum atomic E-state index is 0.608. The summed E-state index contributed by atoms with van der Waals surface area (Å²) in [4.78, 5) is 7.95. The summed E-state index contributed by atoms with van der Waals surface area (Å²) in [6.07, 6.45) is 1.90. The Morgan fingerprint density at radius 2 is 2.14 bits per heavy atom. The molecule has 0 bridgehead atoms. The van der Waals surface area contributed by atoms with E-state index in [1.54, 1.807) is 11.3 Å². The van der Waals surface area contributed by atoms with Crippen molar-refractivity contribution in [1.29, 1.82) is 0 Å². The van der Waals surface area contributed by atoms with Crippen molar-refractivity contribution in [2.24, 2.45) is 17.6 Å². The molecule has 1 aromatic rings. The zero-order chi connectivity index (χ0) is 10.1. The maximum absolute atomic E-state index is 5.57. The Labute approximate surface area is 88.9 Å². The zero-order valence-corrected chi connectivity index (χ0v) is 9.55. The van der Waals surface area contributed by atoms with E-state index in [0.717, 1.165) is 30.1 Å². The van der Waals surface area contributed by atoms with Gasteiger partial charge in [-0.25, -0.2) is 4.98 Å². The van der Waals surface area contributed by atoms with Gasteiger partial charge in [0.2, 0.25) is 0 Å². The van der Waals surface area contributed by atoms with Gasteiger partial charge in [-0.15, -0.1) is 11.3 Å². The van der Waals surface area contributed by atoms with Crippen LogP contribution in [0.5, 0.6) is 0 Å². The van der Waals surface area contributed by atoms with Crippen molar-refractivity contribution in [2.75, 3.05) is 18.0 Å². The second kappa shape index (κ2) is 3.87. The molecule has 0 radical (unpaired) electrons. The Bertz CT molecular complexity index is 300. The summed E-state index contributed by atoms with van der Waals surface area (Å²) < 4.78 is 0. The van der Waals surface area contributed by atoms with E-state index in [2.05, 4.69) is 23.7 Å². The summed E-state index contributed by atoms with van der Waals surface area (Å²) in [5.74, 6) is 1.56. The zero-order valence-electron chi connectivity index (χ0n) is 8.73. The smallest absolute Gasteiger partial charge is 0.185 e. The highest BCUT2D eigenvalue weighted by molar-refractivity contribution is 7.15. The predicted octanol–water partition coefficient (Wildman–Crippen LogP) is 1.69. The van der Waals surface area contributed by atoms with Crippen molar-refractivity contribution < 1.29 is 0 Å². The molecule has 1 saturated heterocycles.